The number of Topliss-reactive ketones (excluding diaryl/α,β-unsaturated/α-hetero) is 1. The zero-order valence-electron chi connectivity index (χ0n) is 22.3. The van der Waals surface area contributed by atoms with E-state index in [1.807, 2.05) is 24.3 Å². The largest absolute Gasteiger partial charge is 0.351 e. The van der Waals surface area contributed by atoms with Crippen LogP contribution in [0.5, 0.6) is 0 Å². The summed E-state index contributed by atoms with van der Waals surface area (Å²) in [6.45, 7) is 5.86. The maximum atomic E-state index is 13.2. The van der Waals surface area contributed by atoms with Crippen molar-refractivity contribution in [1.29, 1.82) is 0 Å². The van der Waals surface area contributed by atoms with E-state index in [0.29, 0.717) is 17.7 Å². The molecular formula is C31H35FN6O. The first kappa shape index (κ1) is 26.9. The van der Waals surface area contributed by atoms with Gasteiger partial charge in [0.2, 0.25) is 0 Å². The number of ketones is 1. The molecule has 2 heterocycles. The molecule has 0 aromatic heterocycles. The van der Waals surface area contributed by atoms with E-state index in [2.05, 4.69) is 55.1 Å². The first-order valence-electron chi connectivity index (χ1n) is 13.7. The van der Waals surface area contributed by atoms with Gasteiger partial charge in [-0.25, -0.2) is 4.39 Å². The lowest BCUT2D eigenvalue weighted by atomic mass is 9.86. The van der Waals surface area contributed by atoms with Crippen molar-refractivity contribution in [2.24, 2.45) is 5.11 Å². The van der Waals surface area contributed by atoms with Crippen LogP contribution in [0.15, 0.2) is 84.0 Å². The summed E-state index contributed by atoms with van der Waals surface area (Å²) < 4.78 is 13.2. The van der Waals surface area contributed by atoms with Gasteiger partial charge in [-0.2, -0.15) is 0 Å². The SMILES string of the molecule is [N-]=[N+]=Nc1ccc(CCN2CN(c3ccccc3)C3(CCN(CCCC(=O)c4ccc(F)cc4)CC3)C2)cc1. The summed E-state index contributed by atoms with van der Waals surface area (Å²) >= 11 is 0. The number of para-hydroxylation sites is 1. The number of rotatable bonds is 10. The monoisotopic (exact) mass is 526 g/mol. The van der Waals surface area contributed by atoms with Crippen molar-refractivity contribution in [2.75, 3.05) is 44.3 Å². The third-order valence-corrected chi connectivity index (χ3v) is 8.14. The maximum absolute atomic E-state index is 13.2. The van der Waals surface area contributed by atoms with Gasteiger partial charge in [-0.05, 0) is 79.7 Å². The van der Waals surface area contributed by atoms with E-state index in [9.17, 15) is 9.18 Å². The molecule has 0 aliphatic carbocycles. The molecular weight excluding hydrogens is 491 g/mol. The molecule has 2 aliphatic rings. The fourth-order valence-corrected chi connectivity index (χ4v) is 5.95. The molecule has 0 saturated carbocycles. The van der Waals surface area contributed by atoms with Crippen LogP contribution in [-0.4, -0.2) is 60.5 Å². The minimum absolute atomic E-state index is 0.0811. The summed E-state index contributed by atoms with van der Waals surface area (Å²) in [4.78, 5) is 23.0. The summed E-state index contributed by atoms with van der Waals surface area (Å²) in [6, 6.07) is 24.4. The molecule has 3 aromatic carbocycles. The van der Waals surface area contributed by atoms with Crippen LogP contribution in [0, 0.1) is 5.82 Å². The van der Waals surface area contributed by atoms with Crippen molar-refractivity contribution in [3.63, 3.8) is 0 Å². The standard InChI is InChI=1S/C31H35FN6O/c32-27-12-10-26(11-13-27)30(39)7-4-19-36-21-17-31(18-22-36)23-37(24-38(31)29-5-2-1-3-6-29)20-16-25-8-14-28(15-9-25)34-35-33/h1-3,5-6,8-15H,4,7,16-24H2. The summed E-state index contributed by atoms with van der Waals surface area (Å²) in [7, 11) is 0. The summed E-state index contributed by atoms with van der Waals surface area (Å²) in [5.41, 5.74) is 12.5. The highest BCUT2D eigenvalue weighted by molar-refractivity contribution is 5.95. The minimum Gasteiger partial charge on any atom is -0.351 e. The molecule has 3 aromatic rings. The number of likely N-dealkylation sites (tertiary alicyclic amines) is 1. The molecule has 0 bridgehead atoms. The Labute approximate surface area is 229 Å². The van der Waals surface area contributed by atoms with Crippen LogP contribution in [0.3, 0.4) is 0 Å². The third kappa shape index (κ3) is 6.66. The fourth-order valence-electron chi connectivity index (χ4n) is 5.95. The van der Waals surface area contributed by atoms with Crippen molar-refractivity contribution in [3.05, 3.63) is 106 Å². The van der Waals surface area contributed by atoms with Crippen LogP contribution in [0.4, 0.5) is 15.8 Å². The molecule has 5 rings (SSSR count). The summed E-state index contributed by atoms with van der Waals surface area (Å²) in [5, 5.41) is 3.67. The van der Waals surface area contributed by atoms with Gasteiger partial charge in [0.25, 0.3) is 0 Å². The van der Waals surface area contributed by atoms with Gasteiger partial charge in [-0.1, -0.05) is 47.6 Å². The van der Waals surface area contributed by atoms with Gasteiger partial charge in [0.15, 0.2) is 5.78 Å². The molecule has 7 nitrogen and oxygen atoms in total. The van der Waals surface area contributed by atoms with Gasteiger partial charge in [-0.15, -0.1) is 0 Å². The number of carbonyl (C=O) groups is 1. The zero-order valence-corrected chi connectivity index (χ0v) is 22.3. The van der Waals surface area contributed by atoms with Crippen molar-refractivity contribution in [2.45, 2.75) is 37.6 Å². The Hall–Kier alpha value is -3.71. The topological polar surface area (TPSA) is 75.6 Å². The fraction of sp³-hybridized carbons (Fsp3) is 0.387. The van der Waals surface area contributed by atoms with E-state index in [-0.39, 0.29) is 17.1 Å². The average molecular weight is 527 g/mol. The lowest BCUT2D eigenvalue weighted by molar-refractivity contribution is 0.0968. The predicted molar refractivity (Wildman–Crippen MR) is 153 cm³/mol. The van der Waals surface area contributed by atoms with Crippen molar-refractivity contribution < 1.29 is 9.18 Å². The lowest BCUT2D eigenvalue weighted by Gasteiger charge is -2.45. The van der Waals surface area contributed by atoms with Crippen molar-refractivity contribution in [3.8, 4) is 0 Å². The van der Waals surface area contributed by atoms with E-state index >= 15 is 0 Å². The highest BCUT2D eigenvalue weighted by Gasteiger charge is 2.46. The van der Waals surface area contributed by atoms with Crippen molar-refractivity contribution in [1.82, 2.24) is 9.80 Å². The minimum atomic E-state index is -0.315. The predicted octanol–water partition coefficient (Wildman–Crippen LogP) is 6.59. The quantitative estimate of drug-likeness (QED) is 0.129. The number of hydrogen-bond acceptors (Lipinski definition) is 5. The Morgan fingerprint density at radius 1 is 0.923 bits per heavy atom. The van der Waals surface area contributed by atoms with Crippen LogP contribution in [0.2, 0.25) is 0 Å². The third-order valence-electron chi connectivity index (χ3n) is 8.14. The number of azide groups is 1. The molecule has 0 atom stereocenters. The molecule has 39 heavy (non-hydrogen) atoms. The lowest BCUT2D eigenvalue weighted by Crippen LogP contribution is -2.54. The first-order valence-corrected chi connectivity index (χ1v) is 13.7. The number of carbonyl (C=O) groups excluding carboxylic acids is 1. The second-order valence-corrected chi connectivity index (χ2v) is 10.7. The van der Waals surface area contributed by atoms with E-state index in [1.165, 1.54) is 23.4 Å². The van der Waals surface area contributed by atoms with Gasteiger partial charge < -0.3 is 9.80 Å². The average Bonchev–Trinajstić information content (AvgIpc) is 3.32. The van der Waals surface area contributed by atoms with Gasteiger partial charge in [0, 0.05) is 54.4 Å². The Bertz CT molecular complexity index is 1280. The molecule has 0 radical (unpaired) electrons. The van der Waals surface area contributed by atoms with E-state index in [1.54, 1.807) is 12.1 Å². The molecule has 8 heteroatoms. The van der Waals surface area contributed by atoms with Crippen molar-refractivity contribution >= 4 is 17.2 Å². The number of nitrogens with zero attached hydrogens (tertiary/aromatic N) is 6. The highest BCUT2D eigenvalue weighted by atomic mass is 19.1. The van der Waals surface area contributed by atoms with Crippen LogP contribution < -0.4 is 4.90 Å². The molecule has 2 saturated heterocycles. The Morgan fingerprint density at radius 3 is 2.33 bits per heavy atom. The number of hydrogen-bond donors (Lipinski definition) is 0. The molecule has 202 valence electrons. The number of piperidine rings is 1. The molecule has 2 fully saturated rings. The molecule has 0 amide bonds. The van der Waals surface area contributed by atoms with Crippen LogP contribution in [0.1, 0.15) is 41.6 Å². The normalized spacial score (nSPS) is 17.3. The zero-order chi connectivity index (χ0) is 27.1. The molecule has 2 aliphatic heterocycles. The van der Waals surface area contributed by atoms with E-state index in [0.717, 1.165) is 65.1 Å². The highest BCUT2D eigenvalue weighted by Crippen LogP contribution is 2.38. The molecule has 0 N–H and O–H groups in total. The van der Waals surface area contributed by atoms with Crippen LogP contribution in [0.25, 0.3) is 10.4 Å². The van der Waals surface area contributed by atoms with Crippen LogP contribution in [-0.2, 0) is 6.42 Å². The maximum Gasteiger partial charge on any atom is 0.162 e. The second kappa shape index (κ2) is 12.4. The number of benzene rings is 3. The van der Waals surface area contributed by atoms with Gasteiger partial charge in [0.1, 0.15) is 5.82 Å². The second-order valence-electron chi connectivity index (χ2n) is 10.7. The van der Waals surface area contributed by atoms with E-state index < -0.39 is 0 Å². The van der Waals surface area contributed by atoms with Gasteiger partial charge in [-0.3, -0.25) is 9.69 Å². The van der Waals surface area contributed by atoms with Gasteiger partial charge >= 0.3 is 0 Å². The molecule has 1 spiro atoms. The summed E-state index contributed by atoms with van der Waals surface area (Å²) in [6.07, 6.45) is 4.43. The Balaban J connectivity index is 1.17. The Morgan fingerprint density at radius 2 is 1.64 bits per heavy atom. The number of halogens is 1. The van der Waals surface area contributed by atoms with Gasteiger partial charge in [0.05, 0.1) is 12.2 Å². The molecule has 0 unspecified atom stereocenters. The smallest absolute Gasteiger partial charge is 0.162 e. The van der Waals surface area contributed by atoms with Crippen LogP contribution >= 0.6 is 0 Å². The van der Waals surface area contributed by atoms with E-state index in [4.69, 9.17) is 5.53 Å². The number of anilines is 1. The first-order chi connectivity index (χ1) is 19.0. The Kier molecular flexibility index (Phi) is 8.57. The summed E-state index contributed by atoms with van der Waals surface area (Å²) in [5.74, 6) is -0.234.